The highest BCUT2D eigenvalue weighted by Gasteiger charge is 2.36. The Morgan fingerprint density at radius 1 is 1.24 bits per heavy atom. The van der Waals surface area contributed by atoms with Crippen LogP contribution in [0, 0.1) is 3.57 Å². The summed E-state index contributed by atoms with van der Waals surface area (Å²) in [5, 5.41) is 10.1. The standard InChI is InChI=1S/C27H27BrIN3O5S/c1-6-31(7-2)26(35)22-14(3)30-27-32(23(22)17-13-16(36-4)8-9-20(17)37-5)25(34)21(38-27)12-15-10-18(28)24(33)19(29)11-15/h8-13,23,33H,6-7H2,1-5H3/b21-12+/t23-/m0/s1. The van der Waals surface area contributed by atoms with Gasteiger partial charge in [-0.25, -0.2) is 4.99 Å². The van der Waals surface area contributed by atoms with Crippen LogP contribution in [0.4, 0.5) is 0 Å². The lowest BCUT2D eigenvalue weighted by Crippen LogP contribution is -2.43. The number of phenols is 1. The fourth-order valence-corrected chi connectivity index (χ4v) is 6.99. The Balaban J connectivity index is 2.03. The summed E-state index contributed by atoms with van der Waals surface area (Å²) in [6.45, 7) is 6.68. The summed E-state index contributed by atoms with van der Waals surface area (Å²) in [6, 6.07) is 8.13. The minimum absolute atomic E-state index is 0.143. The highest BCUT2D eigenvalue weighted by molar-refractivity contribution is 14.1. The fraction of sp³-hybridized carbons (Fsp3) is 0.296. The van der Waals surface area contributed by atoms with Crippen LogP contribution >= 0.6 is 49.9 Å². The predicted octanol–water partition coefficient (Wildman–Crippen LogP) is 4.19. The van der Waals surface area contributed by atoms with Gasteiger partial charge >= 0.3 is 0 Å². The van der Waals surface area contributed by atoms with Gasteiger partial charge in [0.2, 0.25) is 0 Å². The Morgan fingerprint density at radius 2 is 1.95 bits per heavy atom. The van der Waals surface area contributed by atoms with Crippen LogP contribution < -0.4 is 24.4 Å². The van der Waals surface area contributed by atoms with Gasteiger partial charge in [-0.1, -0.05) is 11.3 Å². The van der Waals surface area contributed by atoms with Crippen LogP contribution in [-0.2, 0) is 4.79 Å². The van der Waals surface area contributed by atoms with Crippen LogP contribution in [0.5, 0.6) is 17.2 Å². The molecule has 4 rings (SSSR count). The zero-order chi connectivity index (χ0) is 27.7. The molecule has 0 fully saturated rings. The molecule has 0 saturated heterocycles. The Morgan fingerprint density at radius 3 is 2.55 bits per heavy atom. The van der Waals surface area contributed by atoms with E-state index >= 15 is 0 Å². The van der Waals surface area contributed by atoms with Crippen molar-refractivity contribution >= 4 is 61.8 Å². The highest BCUT2D eigenvalue weighted by atomic mass is 127. The number of phenolic OH excluding ortho intramolecular Hbond substituents is 1. The smallest absolute Gasteiger partial charge is 0.271 e. The van der Waals surface area contributed by atoms with Crippen LogP contribution in [0.3, 0.4) is 0 Å². The number of nitrogens with zero attached hydrogens (tertiary/aromatic N) is 3. The first-order valence-electron chi connectivity index (χ1n) is 11.9. The summed E-state index contributed by atoms with van der Waals surface area (Å²) in [4.78, 5) is 34.7. The summed E-state index contributed by atoms with van der Waals surface area (Å²) in [6.07, 6.45) is 1.77. The van der Waals surface area contributed by atoms with E-state index in [4.69, 9.17) is 14.5 Å². The van der Waals surface area contributed by atoms with Crippen molar-refractivity contribution in [1.82, 2.24) is 9.47 Å². The quantitative estimate of drug-likeness (QED) is 0.372. The highest BCUT2D eigenvalue weighted by Crippen LogP contribution is 2.38. The number of fused-ring (bicyclic) bond motifs is 1. The van der Waals surface area contributed by atoms with Crippen LogP contribution in [0.2, 0.25) is 0 Å². The van der Waals surface area contributed by atoms with Crippen LogP contribution in [-0.4, -0.2) is 47.8 Å². The van der Waals surface area contributed by atoms with Gasteiger partial charge in [-0.15, -0.1) is 0 Å². The average molecular weight is 712 g/mol. The van der Waals surface area contributed by atoms with Crippen LogP contribution in [0.15, 0.2) is 55.9 Å². The van der Waals surface area contributed by atoms with Crippen molar-refractivity contribution < 1.29 is 19.4 Å². The largest absolute Gasteiger partial charge is 0.506 e. The number of likely N-dealkylation sites (N-methyl/N-ethyl adjacent to an activating group) is 1. The summed E-state index contributed by atoms with van der Waals surface area (Å²) >= 11 is 6.66. The van der Waals surface area contributed by atoms with Crippen molar-refractivity contribution in [3.63, 3.8) is 0 Å². The van der Waals surface area contributed by atoms with E-state index in [1.807, 2.05) is 36.4 Å². The van der Waals surface area contributed by atoms with Gasteiger partial charge in [-0.3, -0.25) is 14.2 Å². The minimum Gasteiger partial charge on any atom is -0.506 e. The summed E-state index contributed by atoms with van der Waals surface area (Å²) in [7, 11) is 3.12. The van der Waals surface area contributed by atoms with Crippen molar-refractivity contribution in [2.75, 3.05) is 27.3 Å². The monoisotopic (exact) mass is 711 g/mol. The molecule has 38 heavy (non-hydrogen) atoms. The van der Waals surface area contributed by atoms with Gasteiger partial charge < -0.3 is 19.5 Å². The van der Waals surface area contributed by atoms with E-state index in [1.54, 1.807) is 67.0 Å². The normalized spacial score (nSPS) is 15.2. The number of allylic oxidation sites excluding steroid dienone is 1. The maximum absolute atomic E-state index is 14.0. The van der Waals surface area contributed by atoms with Gasteiger partial charge in [0, 0.05) is 18.7 Å². The lowest BCUT2D eigenvalue weighted by atomic mass is 9.93. The van der Waals surface area contributed by atoms with E-state index in [0.29, 0.717) is 58.8 Å². The molecule has 0 saturated carbocycles. The maximum Gasteiger partial charge on any atom is 0.271 e. The second-order valence-electron chi connectivity index (χ2n) is 8.50. The first kappa shape index (κ1) is 28.4. The van der Waals surface area contributed by atoms with Gasteiger partial charge in [-0.2, -0.15) is 0 Å². The molecule has 1 atom stereocenters. The molecule has 1 N–H and O–H groups in total. The van der Waals surface area contributed by atoms with E-state index < -0.39 is 6.04 Å². The fourth-order valence-electron chi connectivity index (χ4n) is 4.44. The first-order chi connectivity index (χ1) is 18.1. The van der Waals surface area contributed by atoms with Gasteiger partial charge in [0.05, 0.1) is 38.1 Å². The van der Waals surface area contributed by atoms with Crippen LogP contribution in [0.25, 0.3) is 6.08 Å². The topological polar surface area (TPSA) is 93.4 Å². The molecule has 0 spiro atoms. The molecule has 200 valence electrons. The number of aromatic hydroxyl groups is 1. The summed E-state index contributed by atoms with van der Waals surface area (Å²) in [5.41, 5.74) is 2.06. The number of hydrogen-bond donors (Lipinski definition) is 1. The molecular formula is C27H27BrIN3O5S. The molecule has 0 bridgehead atoms. The van der Waals surface area contributed by atoms with Crippen LogP contribution in [0.1, 0.15) is 37.9 Å². The molecule has 1 aromatic heterocycles. The third-order valence-electron chi connectivity index (χ3n) is 6.37. The molecule has 0 radical (unpaired) electrons. The maximum atomic E-state index is 14.0. The molecule has 1 amide bonds. The lowest BCUT2D eigenvalue weighted by Gasteiger charge is -2.30. The molecule has 11 heteroatoms. The van der Waals surface area contributed by atoms with Crippen molar-refractivity contribution in [3.05, 3.63) is 80.5 Å². The number of amides is 1. The molecule has 2 heterocycles. The van der Waals surface area contributed by atoms with Crippen molar-refractivity contribution in [2.24, 2.45) is 4.99 Å². The number of hydrogen-bond acceptors (Lipinski definition) is 7. The van der Waals surface area contributed by atoms with E-state index in [9.17, 15) is 14.7 Å². The number of methoxy groups -OCH3 is 2. The zero-order valence-electron chi connectivity index (χ0n) is 21.5. The van der Waals surface area contributed by atoms with Crippen molar-refractivity contribution in [3.8, 4) is 17.2 Å². The molecule has 0 unspecified atom stereocenters. The Labute approximate surface area is 246 Å². The zero-order valence-corrected chi connectivity index (χ0v) is 26.1. The second-order valence-corrected chi connectivity index (χ2v) is 11.5. The number of carbonyl (C=O) groups excluding carboxylic acids is 1. The Hall–Kier alpha value is -2.64. The Bertz CT molecular complexity index is 1600. The summed E-state index contributed by atoms with van der Waals surface area (Å²) in [5.74, 6) is 1.07. The molecule has 1 aliphatic rings. The minimum atomic E-state index is -0.766. The predicted molar refractivity (Wildman–Crippen MR) is 160 cm³/mol. The van der Waals surface area contributed by atoms with E-state index in [2.05, 4.69) is 15.9 Å². The number of rotatable bonds is 7. The number of carbonyl (C=O) groups is 1. The third kappa shape index (κ3) is 5.15. The van der Waals surface area contributed by atoms with Gasteiger partial charge in [-0.05, 0) is 101 Å². The van der Waals surface area contributed by atoms with Gasteiger partial charge in [0.1, 0.15) is 23.3 Å². The third-order valence-corrected chi connectivity index (χ3v) is 8.78. The molecule has 2 aromatic carbocycles. The van der Waals surface area contributed by atoms with Gasteiger partial charge in [0.25, 0.3) is 11.5 Å². The van der Waals surface area contributed by atoms with Gasteiger partial charge in [0.15, 0.2) is 4.80 Å². The number of aromatic nitrogens is 1. The Kier molecular flexibility index (Phi) is 8.68. The average Bonchev–Trinajstić information content (AvgIpc) is 3.20. The lowest BCUT2D eigenvalue weighted by molar-refractivity contribution is -0.127. The first-order valence-corrected chi connectivity index (χ1v) is 14.6. The number of benzene rings is 2. The number of halogens is 2. The second kappa shape index (κ2) is 11.6. The van der Waals surface area contributed by atoms with Crippen molar-refractivity contribution in [1.29, 1.82) is 0 Å². The van der Waals surface area contributed by atoms with E-state index in [1.165, 1.54) is 11.3 Å². The number of thiazole rings is 1. The van der Waals surface area contributed by atoms with Crippen molar-refractivity contribution in [2.45, 2.75) is 26.8 Å². The molecule has 0 aliphatic carbocycles. The SMILES string of the molecule is CCN(CC)C(=O)C1=C(C)N=c2s/c(=C/c3cc(Br)c(O)c(I)c3)c(=O)n2[C@H]1c1cc(OC)ccc1OC. The molecule has 3 aromatic rings. The van der Waals surface area contributed by atoms with E-state index in [0.717, 1.165) is 5.56 Å². The molecule has 1 aliphatic heterocycles. The molecular weight excluding hydrogens is 685 g/mol. The summed E-state index contributed by atoms with van der Waals surface area (Å²) < 4.78 is 14.4. The van der Waals surface area contributed by atoms with E-state index in [-0.39, 0.29) is 17.2 Å². The molecule has 8 nitrogen and oxygen atoms in total. The number of ether oxygens (including phenoxy) is 2.